The molecule has 0 aliphatic carbocycles. The SMILES string of the molecule is Cc1cccc2c1C(=O)C(c1cc(F)c(F)c(F)c1)=[N+]2[O-]. The van der Waals surface area contributed by atoms with Gasteiger partial charge in [-0.25, -0.2) is 13.2 Å². The average Bonchev–Trinajstić information content (AvgIpc) is 2.69. The second kappa shape index (κ2) is 4.44. The second-order valence-electron chi connectivity index (χ2n) is 4.70. The molecule has 3 nitrogen and oxygen atoms in total. The van der Waals surface area contributed by atoms with E-state index in [1.54, 1.807) is 19.1 Å². The number of carbonyl (C=O) groups is 1. The Hall–Kier alpha value is -2.63. The smallest absolute Gasteiger partial charge is 0.273 e. The Bertz CT molecular complexity index is 805. The molecule has 6 heteroatoms. The maximum Gasteiger partial charge on any atom is 0.273 e. The van der Waals surface area contributed by atoms with Gasteiger partial charge in [-0.1, -0.05) is 12.1 Å². The second-order valence-corrected chi connectivity index (χ2v) is 4.70. The van der Waals surface area contributed by atoms with Crippen LogP contribution in [0.15, 0.2) is 30.3 Å². The van der Waals surface area contributed by atoms with E-state index in [9.17, 15) is 23.2 Å². The molecule has 3 rings (SSSR count). The molecule has 1 aliphatic rings. The normalized spacial score (nSPS) is 13.8. The van der Waals surface area contributed by atoms with Gasteiger partial charge in [0.2, 0.25) is 5.69 Å². The summed E-state index contributed by atoms with van der Waals surface area (Å²) in [6.45, 7) is 1.65. The molecule has 21 heavy (non-hydrogen) atoms. The molecule has 0 saturated heterocycles. The molecule has 0 spiro atoms. The Labute approximate surface area is 117 Å². The van der Waals surface area contributed by atoms with Crippen molar-refractivity contribution < 1.29 is 22.7 Å². The maximum absolute atomic E-state index is 13.3. The highest BCUT2D eigenvalue weighted by Crippen LogP contribution is 2.31. The molecule has 106 valence electrons. The van der Waals surface area contributed by atoms with E-state index in [2.05, 4.69) is 0 Å². The van der Waals surface area contributed by atoms with Crippen LogP contribution in [0.1, 0.15) is 21.5 Å². The molecule has 0 aromatic heterocycles. The summed E-state index contributed by atoms with van der Waals surface area (Å²) in [5, 5.41) is 12.2. The van der Waals surface area contributed by atoms with Crippen LogP contribution in [0.5, 0.6) is 0 Å². The molecule has 2 aromatic rings. The Morgan fingerprint density at radius 2 is 1.71 bits per heavy atom. The highest BCUT2D eigenvalue weighted by atomic mass is 19.2. The first-order valence-electron chi connectivity index (χ1n) is 6.05. The third kappa shape index (κ3) is 1.83. The topological polar surface area (TPSA) is 43.1 Å². The predicted octanol–water partition coefficient (Wildman–Crippen LogP) is 3.24. The van der Waals surface area contributed by atoms with Crippen LogP contribution in [0.4, 0.5) is 18.9 Å². The quantitative estimate of drug-likeness (QED) is 0.460. The third-order valence-corrected chi connectivity index (χ3v) is 3.37. The van der Waals surface area contributed by atoms with Gasteiger partial charge >= 0.3 is 0 Å². The van der Waals surface area contributed by atoms with Gasteiger partial charge in [0.25, 0.3) is 11.5 Å². The molecule has 0 atom stereocenters. The van der Waals surface area contributed by atoms with Crippen molar-refractivity contribution in [3.05, 3.63) is 69.7 Å². The van der Waals surface area contributed by atoms with Crippen LogP contribution in [0.3, 0.4) is 0 Å². The fraction of sp³-hybridized carbons (Fsp3) is 0.0667. The van der Waals surface area contributed by atoms with E-state index in [-0.39, 0.29) is 16.8 Å². The lowest BCUT2D eigenvalue weighted by Gasteiger charge is -2.03. The fourth-order valence-electron chi connectivity index (χ4n) is 2.39. The average molecular weight is 291 g/mol. The van der Waals surface area contributed by atoms with E-state index in [0.717, 1.165) is 0 Å². The number of nitrogens with zero attached hydrogens (tertiary/aromatic N) is 1. The highest BCUT2D eigenvalue weighted by Gasteiger charge is 2.38. The molecule has 1 aliphatic heterocycles. The minimum atomic E-state index is -1.64. The van der Waals surface area contributed by atoms with Crippen LogP contribution in [-0.2, 0) is 0 Å². The zero-order chi connectivity index (χ0) is 15.3. The predicted molar refractivity (Wildman–Crippen MR) is 69.2 cm³/mol. The Morgan fingerprint density at radius 1 is 1.10 bits per heavy atom. The molecule has 0 radical (unpaired) electrons. The standard InChI is InChI=1S/C15H8F3NO2/c1-7-3-2-4-11-12(7)15(20)14(19(11)21)8-5-9(16)13(18)10(17)6-8/h2-6H,1H3. The lowest BCUT2D eigenvalue weighted by atomic mass is 9.99. The van der Waals surface area contributed by atoms with Crippen molar-refractivity contribution in [2.24, 2.45) is 0 Å². The van der Waals surface area contributed by atoms with Gasteiger partial charge in [-0.05, 0) is 24.6 Å². The lowest BCUT2D eigenvalue weighted by molar-refractivity contribution is -0.355. The minimum Gasteiger partial charge on any atom is -0.618 e. The van der Waals surface area contributed by atoms with Gasteiger partial charge in [0.15, 0.2) is 17.5 Å². The number of carbonyl (C=O) groups excluding carboxylic acids is 1. The number of rotatable bonds is 1. The summed E-state index contributed by atoms with van der Waals surface area (Å²) in [4.78, 5) is 12.3. The van der Waals surface area contributed by atoms with Crippen molar-refractivity contribution in [2.45, 2.75) is 6.92 Å². The molecule has 1 heterocycles. The molecule has 2 aromatic carbocycles. The summed E-state index contributed by atoms with van der Waals surface area (Å²) in [5.41, 5.74) is 0.170. The van der Waals surface area contributed by atoms with E-state index in [4.69, 9.17) is 0 Å². The van der Waals surface area contributed by atoms with Crippen molar-refractivity contribution >= 4 is 17.2 Å². The molecule has 0 unspecified atom stereocenters. The number of benzene rings is 2. The lowest BCUT2D eigenvalue weighted by Crippen LogP contribution is -2.18. The van der Waals surface area contributed by atoms with Crippen LogP contribution in [0.2, 0.25) is 0 Å². The van der Waals surface area contributed by atoms with E-state index >= 15 is 0 Å². The largest absolute Gasteiger partial charge is 0.618 e. The van der Waals surface area contributed by atoms with E-state index in [0.29, 0.717) is 22.4 Å². The zero-order valence-electron chi connectivity index (χ0n) is 10.8. The van der Waals surface area contributed by atoms with Gasteiger partial charge < -0.3 is 5.21 Å². The van der Waals surface area contributed by atoms with Gasteiger partial charge in [0.05, 0.1) is 5.56 Å². The molecule has 0 N–H and O–H groups in total. The zero-order valence-corrected chi connectivity index (χ0v) is 10.8. The molecular formula is C15H8F3NO2. The molecular weight excluding hydrogens is 283 g/mol. The van der Waals surface area contributed by atoms with Crippen molar-refractivity contribution in [1.29, 1.82) is 0 Å². The van der Waals surface area contributed by atoms with Gasteiger partial charge in [0, 0.05) is 6.07 Å². The van der Waals surface area contributed by atoms with Crippen LogP contribution >= 0.6 is 0 Å². The van der Waals surface area contributed by atoms with Gasteiger partial charge in [0.1, 0.15) is 5.56 Å². The van der Waals surface area contributed by atoms with Crippen molar-refractivity contribution in [3.63, 3.8) is 0 Å². The number of Topliss-reactive ketones (excluding diaryl/α,β-unsaturated/α-hetero) is 1. The van der Waals surface area contributed by atoms with Gasteiger partial charge in [-0.15, -0.1) is 0 Å². The third-order valence-electron chi connectivity index (χ3n) is 3.37. The summed E-state index contributed by atoms with van der Waals surface area (Å²) in [5.74, 6) is -5.18. The van der Waals surface area contributed by atoms with Crippen LogP contribution < -0.4 is 0 Å². The fourth-order valence-corrected chi connectivity index (χ4v) is 2.39. The summed E-state index contributed by atoms with van der Waals surface area (Å²) >= 11 is 0. The van der Waals surface area contributed by atoms with E-state index < -0.39 is 28.9 Å². The number of aryl methyl sites for hydroxylation is 1. The van der Waals surface area contributed by atoms with Gasteiger partial charge in [-0.3, -0.25) is 4.79 Å². The molecule has 0 amide bonds. The molecule has 0 saturated carbocycles. The number of hydrogen-bond acceptors (Lipinski definition) is 2. The van der Waals surface area contributed by atoms with Crippen molar-refractivity contribution in [3.8, 4) is 0 Å². The first-order valence-corrected chi connectivity index (χ1v) is 6.05. The van der Waals surface area contributed by atoms with Crippen LogP contribution in [0, 0.1) is 29.6 Å². The summed E-state index contributed by atoms with van der Waals surface area (Å²) in [6, 6.07) is 5.96. The Morgan fingerprint density at radius 3 is 2.29 bits per heavy atom. The minimum absolute atomic E-state index is 0.111. The summed E-state index contributed by atoms with van der Waals surface area (Å²) in [7, 11) is 0. The highest BCUT2D eigenvalue weighted by molar-refractivity contribution is 6.52. The number of hydrogen-bond donors (Lipinski definition) is 0. The molecule has 0 fully saturated rings. The van der Waals surface area contributed by atoms with Crippen molar-refractivity contribution in [2.75, 3.05) is 0 Å². The molecule has 0 bridgehead atoms. The summed E-state index contributed by atoms with van der Waals surface area (Å²) < 4.78 is 39.9. The first kappa shape index (κ1) is 13.4. The number of ketones is 1. The maximum atomic E-state index is 13.3. The number of halogens is 3. The van der Waals surface area contributed by atoms with Crippen LogP contribution in [-0.4, -0.2) is 16.2 Å². The number of fused-ring (bicyclic) bond motifs is 1. The van der Waals surface area contributed by atoms with Gasteiger partial charge in [-0.2, -0.15) is 4.74 Å². The summed E-state index contributed by atoms with van der Waals surface area (Å²) in [6.07, 6.45) is 0. The Balaban J connectivity index is 2.24. The van der Waals surface area contributed by atoms with E-state index in [1.165, 1.54) is 6.07 Å². The monoisotopic (exact) mass is 291 g/mol. The van der Waals surface area contributed by atoms with E-state index in [1.807, 2.05) is 0 Å². The Kier molecular flexibility index (Phi) is 2.83. The van der Waals surface area contributed by atoms with Crippen molar-refractivity contribution in [1.82, 2.24) is 0 Å². The first-order chi connectivity index (χ1) is 9.91. The van der Waals surface area contributed by atoms with Crippen LogP contribution in [0.25, 0.3) is 0 Å².